The second-order valence-electron chi connectivity index (χ2n) is 7.52. The van der Waals surface area contributed by atoms with Gasteiger partial charge in [-0.2, -0.15) is 0 Å². The van der Waals surface area contributed by atoms with Gasteiger partial charge in [-0.15, -0.1) is 11.3 Å². The molecule has 1 amide bonds. The van der Waals surface area contributed by atoms with Crippen LogP contribution in [0.1, 0.15) is 53.3 Å². The molecule has 0 saturated heterocycles. The number of hydrogen-bond acceptors (Lipinski definition) is 3. The molecule has 4 nitrogen and oxygen atoms in total. The fourth-order valence-electron chi connectivity index (χ4n) is 3.87. The van der Waals surface area contributed by atoms with Crippen LogP contribution in [0.5, 0.6) is 0 Å². The van der Waals surface area contributed by atoms with E-state index >= 15 is 0 Å². The molecule has 4 aromatic rings. The number of aromatic nitrogens is 2. The number of thiophene rings is 1. The van der Waals surface area contributed by atoms with Crippen molar-refractivity contribution in [2.45, 2.75) is 38.6 Å². The monoisotopic (exact) mass is 417 g/mol. The molecule has 154 valence electrons. The zero-order chi connectivity index (χ0) is 20.8. The molecule has 1 unspecified atom stereocenters. The number of unbranched alkanes of at least 4 members (excludes halogenated alkanes) is 2. The number of fused-ring (bicyclic) bond motifs is 1. The van der Waals surface area contributed by atoms with Crippen LogP contribution in [-0.4, -0.2) is 22.0 Å². The molecule has 30 heavy (non-hydrogen) atoms. The molecule has 2 heterocycles. The molecule has 0 aliphatic carbocycles. The Morgan fingerprint density at radius 2 is 1.80 bits per heavy atom. The van der Waals surface area contributed by atoms with Crippen molar-refractivity contribution in [2.75, 3.05) is 6.54 Å². The number of nitrogens with zero attached hydrogens (tertiary/aromatic N) is 2. The third-order valence-electron chi connectivity index (χ3n) is 5.45. The fraction of sp³-hybridized carbons (Fsp3) is 0.280. The first-order chi connectivity index (χ1) is 14.7. The Balaban J connectivity index is 1.37. The summed E-state index contributed by atoms with van der Waals surface area (Å²) in [6.45, 7) is 2.96. The van der Waals surface area contributed by atoms with E-state index in [-0.39, 0.29) is 11.9 Å². The summed E-state index contributed by atoms with van der Waals surface area (Å²) in [5.74, 6) is 1.17. The lowest BCUT2D eigenvalue weighted by molar-refractivity contribution is 0.0957. The number of carbonyl (C=O) groups is 1. The van der Waals surface area contributed by atoms with Gasteiger partial charge < -0.3 is 9.88 Å². The van der Waals surface area contributed by atoms with Gasteiger partial charge in [0, 0.05) is 13.0 Å². The number of benzene rings is 2. The summed E-state index contributed by atoms with van der Waals surface area (Å²) >= 11 is 1.48. The predicted octanol–water partition coefficient (Wildman–Crippen LogP) is 5.85. The standard InChI is InChI=1S/C25H27N3OS/c1-19(20-11-4-2-5-12-20)28-22-14-8-7-13-21(22)27-24(28)16-6-3-9-17-26-25(29)23-15-10-18-30-23/h2,4-5,7-8,10-15,18-19H,3,6,9,16-17H2,1H3,(H,26,29). The number of imidazole rings is 1. The molecule has 4 rings (SSSR count). The fourth-order valence-corrected chi connectivity index (χ4v) is 4.51. The maximum Gasteiger partial charge on any atom is 0.261 e. The van der Waals surface area contributed by atoms with E-state index in [0.717, 1.165) is 41.9 Å². The van der Waals surface area contributed by atoms with Crippen LogP contribution in [0.15, 0.2) is 72.1 Å². The first-order valence-corrected chi connectivity index (χ1v) is 11.4. The smallest absolute Gasteiger partial charge is 0.261 e. The molecule has 0 bridgehead atoms. The van der Waals surface area contributed by atoms with Gasteiger partial charge in [-0.25, -0.2) is 4.98 Å². The molecule has 2 aromatic heterocycles. The van der Waals surface area contributed by atoms with E-state index in [1.54, 1.807) is 0 Å². The molecular formula is C25H27N3OS. The van der Waals surface area contributed by atoms with Gasteiger partial charge in [-0.1, -0.05) is 55.0 Å². The molecule has 0 radical (unpaired) electrons. The van der Waals surface area contributed by atoms with Gasteiger partial charge in [-0.3, -0.25) is 4.79 Å². The number of hydrogen-bond donors (Lipinski definition) is 1. The summed E-state index contributed by atoms with van der Waals surface area (Å²) in [5.41, 5.74) is 3.53. The van der Waals surface area contributed by atoms with Crippen LogP contribution in [0.2, 0.25) is 0 Å². The van der Waals surface area contributed by atoms with Crippen molar-refractivity contribution in [1.82, 2.24) is 14.9 Å². The number of aryl methyl sites for hydroxylation is 1. The third kappa shape index (κ3) is 4.62. The highest BCUT2D eigenvalue weighted by atomic mass is 32.1. The highest BCUT2D eigenvalue weighted by Gasteiger charge is 2.16. The van der Waals surface area contributed by atoms with E-state index in [2.05, 4.69) is 65.3 Å². The molecule has 2 aromatic carbocycles. The summed E-state index contributed by atoms with van der Waals surface area (Å²) in [7, 11) is 0. The van der Waals surface area contributed by atoms with Crippen molar-refractivity contribution in [3.8, 4) is 0 Å². The highest BCUT2D eigenvalue weighted by Crippen LogP contribution is 2.26. The normalized spacial score (nSPS) is 12.2. The molecule has 0 saturated carbocycles. The van der Waals surface area contributed by atoms with E-state index < -0.39 is 0 Å². The van der Waals surface area contributed by atoms with Gasteiger partial charge in [0.2, 0.25) is 0 Å². The SMILES string of the molecule is CC(c1ccccc1)n1c(CCCCCNC(=O)c2cccs2)nc2ccccc21. The first kappa shape index (κ1) is 20.4. The van der Waals surface area contributed by atoms with Gasteiger partial charge in [0.05, 0.1) is 22.0 Å². The summed E-state index contributed by atoms with van der Waals surface area (Å²) in [6.07, 6.45) is 4.03. The van der Waals surface area contributed by atoms with Gasteiger partial charge in [0.15, 0.2) is 0 Å². The van der Waals surface area contributed by atoms with Crippen LogP contribution in [0.4, 0.5) is 0 Å². The molecule has 1 N–H and O–H groups in total. The number of amides is 1. The second kappa shape index (κ2) is 9.72. The van der Waals surface area contributed by atoms with E-state index in [4.69, 9.17) is 4.98 Å². The van der Waals surface area contributed by atoms with E-state index in [9.17, 15) is 4.79 Å². The van der Waals surface area contributed by atoms with Crippen LogP contribution in [0.25, 0.3) is 11.0 Å². The van der Waals surface area contributed by atoms with Crippen molar-refractivity contribution < 1.29 is 4.79 Å². The quantitative estimate of drug-likeness (QED) is 0.347. The Labute approximate surface area is 181 Å². The summed E-state index contributed by atoms with van der Waals surface area (Å²) < 4.78 is 2.38. The van der Waals surface area contributed by atoms with Crippen LogP contribution >= 0.6 is 11.3 Å². The van der Waals surface area contributed by atoms with E-state index in [0.29, 0.717) is 6.54 Å². The van der Waals surface area contributed by atoms with Crippen LogP contribution < -0.4 is 5.32 Å². The van der Waals surface area contributed by atoms with Crippen molar-refractivity contribution in [1.29, 1.82) is 0 Å². The maximum atomic E-state index is 12.0. The average Bonchev–Trinajstić information content (AvgIpc) is 3.44. The average molecular weight is 418 g/mol. The minimum absolute atomic E-state index is 0.0310. The highest BCUT2D eigenvalue weighted by molar-refractivity contribution is 7.12. The van der Waals surface area contributed by atoms with Crippen molar-refractivity contribution in [3.63, 3.8) is 0 Å². The molecule has 0 aliphatic heterocycles. The lowest BCUT2D eigenvalue weighted by Gasteiger charge is -2.18. The molecule has 0 spiro atoms. The lowest BCUT2D eigenvalue weighted by atomic mass is 10.1. The first-order valence-electron chi connectivity index (χ1n) is 10.6. The Bertz CT molecular complexity index is 1090. The summed E-state index contributed by atoms with van der Waals surface area (Å²) in [6, 6.07) is 23.0. The zero-order valence-electron chi connectivity index (χ0n) is 17.3. The molecular weight excluding hydrogens is 390 g/mol. The Morgan fingerprint density at radius 3 is 2.60 bits per heavy atom. The molecule has 1 atom stereocenters. The minimum Gasteiger partial charge on any atom is -0.351 e. The van der Waals surface area contributed by atoms with Gasteiger partial charge in [0.1, 0.15) is 5.82 Å². The molecule has 0 aliphatic rings. The Kier molecular flexibility index (Phi) is 6.60. The molecule has 0 fully saturated rings. The third-order valence-corrected chi connectivity index (χ3v) is 6.31. The van der Waals surface area contributed by atoms with Crippen LogP contribution in [-0.2, 0) is 6.42 Å². The topological polar surface area (TPSA) is 46.9 Å². The molecule has 5 heteroatoms. The predicted molar refractivity (Wildman–Crippen MR) is 124 cm³/mol. The van der Waals surface area contributed by atoms with Crippen molar-refractivity contribution in [2.24, 2.45) is 0 Å². The van der Waals surface area contributed by atoms with E-state index in [1.165, 1.54) is 22.4 Å². The second-order valence-corrected chi connectivity index (χ2v) is 8.46. The van der Waals surface area contributed by atoms with Gasteiger partial charge >= 0.3 is 0 Å². The van der Waals surface area contributed by atoms with Crippen LogP contribution in [0.3, 0.4) is 0 Å². The number of nitrogens with one attached hydrogen (secondary N) is 1. The zero-order valence-corrected chi connectivity index (χ0v) is 18.1. The largest absolute Gasteiger partial charge is 0.351 e. The number of rotatable bonds is 9. The van der Waals surface area contributed by atoms with Gasteiger partial charge in [-0.05, 0) is 48.9 Å². The minimum atomic E-state index is 0.0310. The van der Waals surface area contributed by atoms with Crippen LogP contribution in [0, 0.1) is 0 Å². The summed E-state index contributed by atoms with van der Waals surface area (Å²) in [4.78, 5) is 17.7. The van der Waals surface area contributed by atoms with E-state index in [1.807, 2.05) is 23.6 Å². The Morgan fingerprint density at radius 1 is 1.00 bits per heavy atom. The maximum absolute atomic E-state index is 12.0. The van der Waals surface area contributed by atoms with Crippen molar-refractivity contribution in [3.05, 3.63) is 88.4 Å². The lowest BCUT2D eigenvalue weighted by Crippen LogP contribution is -2.23. The van der Waals surface area contributed by atoms with Gasteiger partial charge in [0.25, 0.3) is 5.91 Å². The number of carbonyl (C=O) groups excluding carboxylic acids is 1. The summed E-state index contributed by atoms with van der Waals surface area (Å²) in [5, 5.41) is 4.93. The van der Waals surface area contributed by atoms with Crippen molar-refractivity contribution >= 4 is 28.3 Å². The Hall–Kier alpha value is -2.92. The number of para-hydroxylation sites is 2.